The van der Waals surface area contributed by atoms with E-state index < -0.39 is 0 Å². The van der Waals surface area contributed by atoms with E-state index in [0.29, 0.717) is 0 Å². The summed E-state index contributed by atoms with van der Waals surface area (Å²) in [5.41, 5.74) is 1.08. The van der Waals surface area contributed by atoms with E-state index in [2.05, 4.69) is 49.9 Å². The molecule has 0 fully saturated rings. The summed E-state index contributed by atoms with van der Waals surface area (Å²) in [4.78, 5) is 5.53. The highest BCUT2D eigenvalue weighted by molar-refractivity contribution is 9.10. The highest BCUT2D eigenvalue weighted by Crippen LogP contribution is 2.23. The number of hydrogen-bond acceptors (Lipinski definition) is 4. The lowest BCUT2D eigenvalue weighted by atomic mass is 10.3. The van der Waals surface area contributed by atoms with Crippen molar-refractivity contribution < 1.29 is 0 Å². The molecule has 0 radical (unpaired) electrons. The van der Waals surface area contributed by atoms with Crippen LogP contribution in [0.5, 0.6) is 0 Å². The molecule has 5 heteroatoms. The van der Waals surface area contributed by atoms with Gasteiger partial charge < -0.3 is 10.6 Å². The van der Waals surface area contributed by atoms with Crippen LogP contribution in [0.1, 0.15) is 11.8 Å². The quantitative estimate of drug-likeness (QED) is 0.878. The van der Waals surface area contributed by atoms with Gasteiger partial charge in [-0.3, -0.25) is 0 Å². The second-order valence-corrected chi connectivity index (χ2v) is 5.36. The zero-order valence-corrected chi connectivity index (χ0v) is 11.9. The lowest BCUT2D eigenvalue weighted by Crippen LogP contribution is -2.02. The fraction of sp³-hybridized carbons (Fsp3) is 0.250. The Bertz CT molecular complexity index is 484. The zero-order chi connectivity index (χ0) is 12.1. The van der Waals surface area contributed by atoms with Crippen molar-refractivity contribution in [3.05, 3.63) is 39.1 Å². The van der Waals surface area contributed by atoms with Gasteiger partial charge in [0.25, 0.3) is 0 Å². The molecule has 2 rings (SSSR count). The van der Waals surface area contributed by atoms with Crippen LogP contribution < -0.4 is 10.6 Å². The average Bonchev–Trinajstić information content (AvgIpc) is 2.73. The lowest BCUT2D eigenvalue weighted by molar-refractivity contribution is 1.14. The van der Waals surface area contributed by atoms with E-state index in [1.807, 2.05) is 18.3 Å². The summed E-state index contributed by atoms with van der Waals surface area (Å²) in [7, 11) is 0. The molecule has 2 aromatic rings. The van der Waals surface area contributed by atoms with Crippen molar-refractivity contribution >= 4 is 38.8 Å². The summed E-state index contributed by atoms with van der Waals surface area (Å²) in [6.07, 6.45) is 1.81. The van der Waals surface area contributed by atoms with Gasteiger partial charge >= 0.3 is 0 Å². The van der Waals surface area contributed by atoms with Crippen LogP contribution in [0.2, 0.25) is 0 Å². The van der Waals surface area contributed by atoms with Crippen LogP contribution in [-0.4, -0.2) is 11.5 Å². The third kappa shape index (κ3) is 3.44. The first kappa shape index (κ1) is 12.4. The molecular formula is C12H14BrN3S. The molecule has 2 aromatic heterocycles. The molecule has 0 saturated heterocycles. The zero-order valence-electron chi connectivity index (χ0n) is 9.53. The van der Waals surface area contributed by atoms with Gasteiger partial charge in [-0.05, 0) is 40.4 Å². The molecule has 0 unspecified atom stereocenters. The van der Waals surface area contributed by atoms with Gasteiger partial charge in [-0.1, -0.05) is 0 Å². The molecule has 0 aliphatic heterocycles. The van der Waals surface area contributed by atoms with Gasteiger partial charge in [0.2, 0.25) is 0 Å². The molecule has 3 nitrogen and oxygen atoms in total. The number of anilines is 2. The molecule has 17 heavy (non-hydrogen) atoms. The first-order valence-electron chi connectivity index (χ1n) is 5.45. The van der Waals surface area contributed by atoms with Gasteiger partial charge in [0.1, 0.15) is 5.82 Å². The number of nitrogens with zero attached hydrogens (tertiary/aromatic N) is 1. The van der Waals surface area contributed by atoms with Crippen LogP contribution in [0.3, 0.4) is 0 Å². The Morgan fingerprint density at radius 2 is 2.24 bits per heavy atom. The van der Waals surface area contributed by atoms with Gasteiger partial charge in [-0.25, -0.2) is 4.98 Å². The van der Waals surface area contributed by atoms with Crippen molar-refractivity contribution in [1.82, 2.24) is 4.98 Å². The number of pyridine rings is 1. The third-order valence-corrected chi connectivity index (χ3v) is 4.19. The van der Waals surface area contributed by atoms with Crippen LogP contribution in [0, 0.1) is 0 Å². The maximum atomic E-state index is 4.23. The summed E-state index contributed by atoms with van der Waals surface area (Å²) >= 11 is 5.27. The van der Waals surface area contributed by atoms with E-state index in [1.165, 1.54) is 4.88 Å². The molecular weight excluding hydrogens is 298 g/mol. The molecule has 0 saturated carbocycles. The van der Waals surface area contributed by atoms with Crippen molar-refractivity contribution in [2.45, 2.75) is 13.5 Å². The minimum atomic E-state index is 0.827. The Hall–Kier alpha value is -1.07. The van der Waals surface area contributed by atoms with E-state index in [4.69, 9.17) is 0 Å². The first-order chi connectivity index (χ1) is 8.29. The third-order valence-electron chi connectivity index (χ3n) is 2.26. The molecule has 0 aliphatic rings. The van der Waals surface area contributed by atoms with E-state index in [1.54, 1.807) is 11.3 Å². The fourth-order valence-electron chi connectivity index (χ4n) is 1.45. The molecule has 0 spiro atoms. The van der Waals surface area contributed by atoms with E-state index in [0.717, 1.165) is 29.1 Å². The summed E-state index contributed by atoms with van der Waals surface area (Å²) in [5, 5.41) is 8.66. The molecule has 0 amide bonds. The van der Waals surface area contributed by atoms with Crippen LogP contribution in [0.4, 0.5) is 11.5 Å². The second-order valence-electron chi connectivity index (χ2n) is 3.51. The number of halogens is 1. The van der Waals surface area contributed by atoms with Crippen LogP contribution in [-0.2, 0) is 6.54 Å². The predicted octanol–water partition coefficient (Wildman–Crippen LogP) is 3.95. The van der Waals surface area contributed by atoms with Gasteiger partial charge in [-0.15, -0.1) is 11.3 Å². The fourth-order valence-corrected chi connectivity index (χ4v) is 2.88. The van der Waals surface area contributed by atoms with Gasteiger partial charge in [0.15, 0.2) is 0 Å². The molecule has 0 aliphatic carbocycles. The van der Waals surface area contributed by atoms with E-state index in [9.17, 15) is 0 Å². The maximum Gasteiger partial charge on any atom is 0.127 e. The minimum absolute atomic E-state index is 0.827. The standard InChI is InChI=1S/C12H14BrN3S/c1-2-14-12-7-9(3-5-15-12)16-8-11-10(13)4-6-17-11/h3-7H,2,8H2,1H3,(H2,14,15,16). The Morgan fingerprint density at radius 1 is 1.35 bits per heavy atom. The second kappa shape index (κ2) is 6.02. The van der Waals surface area contributed by atoms with E-state index in [-0.39, 0.29) is 0 Å². The van der Waals surface area contributed by atoms with Crippen LogP contribution in [0.25, 0.3) is 0 Å². The minimum Gasteiger partial charge on any atom is -0.380 e. The predicted molar refractivity (Wildman–Crippen MR) is 77.7 cm³/mol. The van der Waals surface area contributed by atoms with Crippen molar-refractivity contribution in [1.29, 1.82) is 0 Å². The van der Waals surface area contributed by atoms with Gasteiger partial charge in [0.05, 0.1) is 6.54 Å². The summed E-state index contributed by atoms with van der Waals surface area (Å²) in [5.74, 6) is 0.905. The average molecular weight is 312 g/mol. The summed E-state index contributed by atoms with van der Waals surface area (Å²) in [6, 6.07) is 6.06. The Morgan fingerprint density at radius 3 is 2.94 bits per heavy atom. The smallest absolute Gasteiger partial charge is 0.127 e. The van der Waals surface area contributed by atoms with E-state index >= 15 is 0 Å². The first-order valence-corrected chi connectivity index (χ1v) is 7.12. The normalized spacial score (nSPS) is 10.2. The van der Waals surface area contributed by atoms with Crippen LogP contribution >= 0.6 is 27.3 Å². The summed E-state index contributed by atoms with van der Waals surface area (Å²) < 4.78 is 1.16. The van der Waals surface area contributed by atoms with Crippen molar-refractivity contribution in [3.63, 3.8) is 0 Å². The number of aromatic nitrogens is 1. The monoisotopic (exact) mass is 311 g/mol. The molecule has 0 aromatic carbocycles. The Labute approximate surface area is 113 Å². The SMILES string of the molecule is CCNc1cc(NCc2sccc2Br)ccn1. The van der Waals surface area contributed by atoms with Crippen molar-refractivity contribution in [2.24, 2.45) is 0 Å². The van der Waals surface area contributed by atoms with Crippen LogP contribution in [0.15, 0.2) is 34.2 Å². The largest absolute Gasteiger partial charge is 0.380 e. The Balaban J connectivity index is 1.99. The van der Waals surface area contributed by atoms with Crippen molar-refractivity contribution in [3.8, 4) is 0 Å². The molecule has 2 heterocycles. The topological polar surface area (TPSA) is 37.0 Å². The molecule has 0 bridgehead atoms. The lowest BCUT2D eigenvalue weighted by Gasteiger charge is -2.07. The maximum absolute atomic E-state index is 4.23. The highest BCUT2D eigenvalue weighted by Gasteiger charge is 2.01. The molecule has 90 valence electrons. The number of hydrogen-bond donors (Lipinski definition) is 2. The van der Waals surface area contributed by atoms with Crippen molar-refractivity contribution in [2.75, 3.05) is 17.2 Å². The molecule has 0 atom stereocenters. The number of thiophene rings is 1. The number of rotatable bonds is 5. The highest BCUT2D eigenvalue weighted by atomic mass is 79.9. The molecule has 2 N–H and O–H groups in total. The van der Waals surface area contributed by atoms with Gasteiger partial charge in [0, 0.05) is 33.8 Å². The number of nitrogens with one attached hydrogen (secondary N) is 2. The Kier molecular flexibility index (Phi) is 4.39. The van der Waals surface area contributed by atoms with Gasteiger partial charge in [-0.2, -0.15) is 0 Å². The summed E-state index contributed by atoms with van der Waals surface area (Å²) in [6.45, 7) is 3.77.